The summed E-state index contributed by atoms with van der Waals surface area (Å²) >= 11 is 1.18. The van der Waals surface area contributed by atoms with E-state index >= 15 is 0 Å². The number of hydrogen-bond acceptors (Lipinski definition) is 7. The van der Waals surface area contributed by atoms with Gasteiger partial charge in [0.25, 0.3) is 0 Å². The number of nitriles is 2. The number of aryl methyl sites for hydroxylation is 1. The lowest BCUT2D eigenvalue weighted by molar-refractivity contribution is -0.891. The second-order valence-corrected chi connectivity index (χ2v) is 9.26. The molecule has 0 radical (unpaired) electrons. The van der Waals surface area contributed by atoms with Gasteiger partial charge < -0.3 is 14.5 Å². The molecular weight excluding hydrogens is 408 g/mol. The highest BCUT2D eigenvalue weighted by Crippen LogP contribution is 2.36. The summed E-state index contributed by atoms with van der Waals surface area (Å²) < 4.78 is 0.775. The molecule has 1 aromatic heterocycles. The molecule has 31 heavy (non-hydrogen) atoms. The molecule has 0 spiro atoms. The number of aliphatic hydroxyl groups excluding tert-OH is 1. The van der Waals surface area contributed by atoms with Crippen LogP contribution in [0.3, 0.4) is 0 Å². The van der Waals surface area contributed by atoms with Gasteiger partial charge in [-0.3, -0.25) is 0 Å². The molecule has 0 saturated heterocycles. The number of nitrogens with zero attached hydrogens (tertiary/aromatic N) is 6. The molecule has 0 aliphatic rings. The fraction of sp³-hybridized carbons (Fsp3) is 0.478. The normalized spacial score (nSPS) is 12.5. The molecule has 8 heteroatoms. The van der Waals surface area contributed by atoms with Gasteiger partial charge in [0.05, 0.1) is 31.9 Å². The average Bonchev–Trinajstić information content (AvgIpc) is 3.05. The molecule has 1 N–H and O–H groups in total. The molecule has 0 bridgehead atoms. The lowest BCUT2D eigenvalue weighted by atomic mass is 10.1. The van der Waals surface area contributed by atoms with E-state index in [-0.39, 0.29) is 0 Å². The Balaban J connectivity index is 2.20. The van der Waals surface area contributed by atoms with Crippen LogP contribution in [0.1, 0.15) is 35.4 Å². The Morgan fingerprint density at radius 2 is 1.87 bits per heavy atom. The molecule has 7 nitrogen and oxygen atoms in total. The summed E-state index contributed by atoms with van der Waals surface area (Å²) in [6, 6.07) is 10.1. The number of anilines is 1. The van der Waals surface area contributed by atoms with Crippen molar-refractivity contribution in [1.29, 1.82) is 10.5 Å². The molecule has 0 aliphatic heterocycles. The second kappa shape index (κ2) is 10.5. The van der Waals surface area contributed by atoms with Crippen LogP contribution < -0.4 is 4.90 Å². The van der Waals surface area contributed by atoms with Crippen molar-refractivity contribution in [2.75, 3.05) is 45.2 Å². The van der Waals surface area contributed by atoms with Gasteiger partial charge in [0, 0.05) is 18.8 Å². The molecule has 1 unspecified atom stereocenters. The molecule has 0 amide bonds. The number of hydrogen-bond donors (Lipinski definition) is 1. The fourth-order valence-corrected chi connectivity index (χ4v) is 4.16. The third kappa shape index (κ3) is 6.11. The highest BCUT2D eigenvalue weighted by Gasteiger charge is 2.21. The minimum absolute atomic E-state index is 0.402. The van der Waals surface area contributed by atoms with Crippen molar-refractivity contribution in [1.82, 2.24) is 0 Å². The van der Waals surface area contributed by atoms with Crippen molar-refractivity contribution in [3.05, 3.63) is 39.8 Å². The summed E-state index contributed by atoms with van der Waals surface area (Å²) in [5, 5.41) is 38.1. The SMILES string of the molecule is CCN(CC(O)C[N+](C)(C)CC)c1ccc(N=Nc2sc(C#N)c(C)c2C#N)c(C)c1. The first-order chi connectivity index (χ1) is 14.6. The zero-order valence-corrected chi connectivity index (χ0v) is 20.0. The van der Waals surface area contributed by atoms with Crippen LogP contribution >= 0.6 is 11.3 Å². The van der Waals surface area contributed by atoms with Crippen molar-refractivity contribution >= 4 is 27.7 Å². The first-order valence-electron chi connectivity index (χ1n) is 10.4. The zero-order valence-electron chi connectivity index (χ0n) is 19.2. The van der Waals surface area contributed by atoms with Crippen LogP contribution in [0.4, 0.5) is 16.4 Å². The monoisotopic (exact) mass is 439 g/mol. The fourth-order valence-electron chi connectivity index (χ4n) is 3.28. The Morgan fingerprint density at radius 3 is 2.42 bits per heavy atom. The average molecular weight is 440 g/mol. The standard InChI is InChI=1S/C23H31N6OS/c1-7-28(14-19(30)15-29(5,6)8-2)18-9-10-21(16(3)11-18)26-27-23-20(12-24)17(4)22(13-25)31-23/h9-11,19,30H,7-8,14-15H2,1-6H3/q+1. The van der Waals surface area contributed by atoms with Crippen molar-refractivity contribution in [3.8, 4) is 12.1 Å². The first kappa shape index (κ1) is 24.5. The highest BCUT2D eigenvalue weighted by molar-refractivity contribution is 7.16. The van der Waals surface area contributed by atoms with Gasteiger partial charge >= 0.3 is 0 Å². The van der Waals surface area contributed by atoms with E-state index in [1.165, 1.54) is 11.3 Å². The lowest BCUT2D eigenvalue weighted by Crippen LogP contribution is -2.48. The molecule has 1 atom stereocenters. The highest BCUT2D eigenvalue weighted by atomic mass is 32.1. The van der Waals surface area contributed by atoms with E-state index in [2.05, 4.69) is 55.2 Å². The van der Waals surface area contributed by atoms with E-state index in [1.807, 2.05) is 25.1 Å². The quantitative estimate of drug-likeness (QED) is 0.448. The molecule has 1 heterocycles. The Bertz CT molecular complexity index is 1030. The Labute approximate surface area is 189 Å². The molecule has 0 fully saturated rings. The molecule has 0 saturated carbocycles. The summed E-state index contributed by atoms with van der Waals surface area (Å²) in [6.45, 7) is 10.9. The third-order valence-corrected chi connectivity index (χ3v) is 6.59. The van der Waals surface area contributed by atoms with E-state index in [9.17, 15) is 15.6 Å². The van der Waals surface area contributed by atoms with Crippen molar-refractivity contribution in [2.24, 2.45) is 10.2 Å². The van der Waals surface area contributed by atoms with E-state index in [1.54, 1.807) is 6.92 Å². The van der Waals surface area contributed by atoms with Gasteiger partial charge in [-0.05, 0) is 57.0 Å². The molecular formula is C23H31N6OS+. The van der Waals surface area contributed by atoms with Crippen LogP contribution in [-0.2, 0) is 0 Å². The molecule has 1 aromatic carbocycles. The topological polar surface area (TPSA) is 95.8 Å². The van der Waals surface area contributed by atoms with E-state index in [0.717, 1.165) is 28.8 Å². The minimum Gasteiger partial charge on any atom is -0.385 e. The van der Waals surface area contributed by atoms with Gasteiger partial charge in [-0.15, -0.1) is 21.6 Å². The maximum Gasteiger partial charge on any atom is 0.158 e. The van der Waals surface area contributed by atoms with Gasteiger partial charge in [-0.25, -0.2) is 0 Å². The predicted molar refractivity (Wildman–Crippen MR) is 125 cm³/mol. The summed E-state index contributed by atoms with van der Waals surface area (Å²) in [6.07, 6.45) is -0.421. The van der Waals surface area contributed by atoms with Crippen molar-refractivity contribution < 1.29 is 9.59 Å². The van der Waals surface area contributed by atoms with Gasteiger partial charge in [0.15, 0.2) is 5.00 Å². The molecule has 2 aromatic rings. The van der Waals surface area contributed by atoms with Crippen molar-refractivity contribution in [2.45, 2.75) is 33.8 Å². The first-order valence-corrected chi connectivity index (χ1v) is 11.2. The Kier molecular flexibility index (Phi) is 8.29. The van der Waals surface area contributed by atoms with Gasteiger partial charge in [-0.2, -0.15) is 10.5 Å². The van der Waals surface area contributed by atoms with Crippen LogP contribution in [0.2, 0.25) is 0 Å². The van der Waals surface area contributed by atoms with E-state index < -0.39 is 6.10 Å². The Hall–Kier alpha value is -2.78. The second-order valence-electron chi connectivity index (χ2n) is 8.26. The number of azo groups is 1. The van der Waals surface area contributed by atoms with Gasteiger partial charge in [0.1, 0.15) is 29.7 Å². The van der Waals surface area contributed by atoms with Crippen molar-refractivity contribution in [3.63, 3.8) is 0 Å². The summed E-state index contributed by atoms with van der Waals surface area (Å²) in [5.74, 6) is 0. The minimum atomic E-state index is -0.421. The van der Waals surface area contributed by atoms with Crippen LogP contribution in [0.15, 0.2) is 28.4 Å². The molecule has 164 valence electrons. The summed E-state index contributed by atoms with van der Waals surface area (Å²) in [5.41, 5.74) is 3.73. The zero-order chi connectivity index (χ0) is 23.2. The summed E-state index contributed by atoms with van der Waals surface area (Å²) in [7, 11) is 4.24. The van der Waals surface area contributed by atoms with Gasteiger partial charge in [0.2, 0.25) is 0 Å². The number of aliphatic hydroxyl groups is 1. The lowest BCUT2D eigenvalue weighted by Gasteiger charge is -2.33. The van der Waals surface area contributed by atoms with E-state index in [4.69, 9.17) is 0 Å². The molecule has 2 rings (SSSR count). The largest absolute Gasteiger partial charge is 0.385 e. The maximum atomic E-state index is 10.6. The smallest absolute Gasteiger partial charge is 0.158 e. The van der Waals surface area contributed by atoms with E-state index in [0.29, 0.717) is 39.8 Å². The van der Waals surface area contributed by atoms with Crippen LogP contribution in [0.5, 0.6) is 0 Å². The molecule has 0 aliphatic carbocycles. The maximum absolute atomic E-state index is 10.6. The number of benzene rings is 1. The number of likely N-dealkylation sites (N-methyl/N-ethyl adjacent to an activating group) is 2. The predicted octanol–water partition coefficient (Wildman–Crippen LogP) is 4.81. The third-order valence-electron chi connectivity index (χ3n) is 5.51. The van der Waals surface area contributed by atoms with Crippen LogP contribution in [0, 0.1) is 36.5 Å². The Morgan fingerprint density at radius 1 is 1.16 bits per heavy atom. The van der Waals surface area contributed by atoms with Gasteiger partial charge in [-0.1, -0.05) is 0 Å². The van der Waals surface area contributed by atoms with Crippen LogP contribution in [0.25, 0.3) is 0 Å². The number of quaternary nitrogens is 1. The van der Waals surface area contributed by atoms with Crippen LogP contribution in [-0.4, -0.2) is 56.0 Å². The number of rotatable bonds is 9. The summed E-state index contributed by atoms with van der Waals surface area (Å²) in [4.78, 5) is 2.64. The number of thiophene rings is 1.